The second-order valence-electron chi connectivity index (χ2n) is 3.95. The Hall–Kier alpha value is -1.75. The van der Waals surface area contributed by atoms with Crippen molar-refractivity contribution in [2.75, 3.05) is 45.4 Å². The Morgan fingerprint density at radius 1 is 1.28 bits per heavy atom. The zero-order chi connectivity index (χ0) is 13.0. The smallest absolute Gasteiger partial charge is 0.341 e. The van der Waals surface area contributed by atoms with Crippen molar-refractivity contribution in [2.24, 2.45) is 0 Å². The number of morpholine rings is 1. The largest absolute Gasteiger partial charge is 0.494 e. The normalized spacial score (nSPS) is 15.3. The fourth-order valence-corrected chi connectivity index (χ4v) is 2.06. The van der Waals surface area contributed by atoms with Gasteiger partial charge in [-0.1, -0.05) is 6.07 Å². The van der Waals surface area contributed by atoms with Crippen LogP contribution in [0.3, 0.4) is 0 Å². The van der Waals surface area contributed by atoms with Crippen molar-refractivity contribution in [3.05, 3.63) is 23.8 Å². The molecule has 1 fully saturated rings. The number of hydrogen-bond acceptors (Lipinski definition) is 5. The zero-order valence-electron chi connectivity index (χ0n) is 10.6. The van der Waals surface area contributed by atoms with Crippen LogP contribution in [0.4, 0.5) is 5.69 Å². The average Bonchev–Trinajstić information content (AvgIpc) is 2.46. The highest BCUT2D eigenvalue weighted by Crippen LogP contribution is 2.32. The molecule has 1 aromatic rings. The molecule has 1 aliphatic heterocycles. The van der Waals surface area contributed by atoms with E-state index in [9.17, 15) is 4.79 Å². The number of rotatable bonds is 3. The number of anilines is 1. The number of methoxy groups -OCH3 is 2. The molecule has 0 spiro atoms. The lowest BCUT2D eigenvalue weighted by atomic mass is 10.1. The molecule has 1 aromatic carbocycles. The fraction of sp³-hybridized carbons (Fsp3) is 0.462. The molecule has 0 amide bonds. The van der Waals surface area contributed by atoms with E-state index in [4.69, 9.17) is 14.2 Å². The molecule has 0 atom stereocenters. The molecule has 0 aromatic heterocycles. The first-order chi connectivity index (χ1) is 8.77. The van der Waals surface area contributed by atoms with Crippen LogP contribution in [-0.2, 0) is 9.47 Å². The van der Waals surface area contributed by atoms with E-state index in [0.717, 1.165) is 18.8 Å². The minimum atomic E-state index is -0.387. The third kappa shape index (κ3) is 2.41. The van der Waals surface area contributed by atoms with Gasteiger partial charge in [0.15, 0.2) is 5.75 Å². The van der Waals surface area contributed by atoms with Crippen LogP contribution in [0, 0.1) is 0 Å². The standard InChI is InChI=1S/C13H17NO4/c1-16-12-10(13(15)17-2)4-3-5-11(12)14-6-8-18-9-7-14/h3-5H,6-9H2,1-2H3. The summed E-state index contributed by atoms with van der Waals surface area (Å²) in [5.41, 5.74) is 1.35. The maximum atomic E-state index is 11.7. The van der Waals surface area contributed by atoms with Crippen LogP contribution in [-0.4, -0.2) is 46.5 Å². The molecule has 0 N–H and O–H groups in total. The number of hydrogen-bond donors (Lipinski definition) is 0. The van der Waals surface area contributed by atoms with E-state index in [1.54, 1.807) is 13.2 Å². The number of carbonyl (C=O) groups is 1. The van der Waals surface area contributed by atoms with Crippen molar-refractivity contribution in [3.63, 3.8) is 0 Å². The van der Waals surface area contributed by atoms with Crippen LogP contribution in [0.2, 0.25) is 0 Å². The second kappa shape index (κ2) is 5.73. The molecular weight excluding hydrogens is 234 g/mol. The molecule has 2 rings (SSSR count). The van der Waals surface area contributed by atoms with Crippen LogP contribution >= 0.6 is 0 Å². The molecule has 18 heavy (non-hydrogen) atoms. The summed E-state index contributed by atoms with van der Waals surface area (Å²) < 4.78 is 15.4. The number of ether oxygens (including phenoxy) is 3. The molecule has 0 aliphatic carbocycles. The summed E-state index contributed by atoms with van der Waals surface area (Å²) in [6.07, 6.45) is 0. The maximum Gasteiger partial charge on any atom is 0.341 e. The SMILES string of the molecule is COC(=O)c1cccc(N2CCOCC2)c1OC. The predicted octanol–water partition coefficient (Wildman–Crippen LogP) is 1.32. The van der Waals surface area contributed by atoms with Crippen LogP contribution in [0.1, 0.15) is 10.4 Å². The Bertz CT molecular complexity index is 427. The van der Waals surface area contributed by atoms with Gasteiger partial charge in [0.25, 0.3) is 0 Å². The van der Waals surface area contributed by atoms with Gasteiger partial charge >= 0.3 is 5.97 Å². The van der Waals surface area contributed by atoms with E-state index in [0.29, 0.717) is 24.5 Å². The van der Waals surface area contributed by atoms with E-state index < -0.39 is 0 Å². The first kappa shape index (κ1) is 12.7. The van der Waals surface area contributed by atoms with Gasteiger partial charge in [-0.15, -0.1) is 0 Å². The highest BCUT2D eigenvalue weighted by atomic mass is 16.5. The molecule has 5 nitrogen and oxygen atoms in total. The van der Waals surface area contributed by atoms with Crippen molar-refractivity contribution in [2.45, 2.75) is 0 Å². The number of nitrogens with zero attached hydrogens (tertiary/aromatic N) is 1. The number of benzene rings is 1. The summed E-state index contributed by atoms with van der Waals surface area (Å²) in [5.74, 6) is 0.174. The van der Waals surface area contributed by atoms with Gasteiger partial charge in [-0.25, -0.2) is 4.79 Å². The Morgan fingerprint density at radius 3 is 2.61 bits per heavy atom. The summed E-state index contributed by atoms with van der Waals surface area (Å²) in [6, 6.07) is 5.48. The van der Waals surface area contributed by atoms with Crippen molar-refractivity contribution in [3.8, 4) is 5.75 Å². The van der Waals surface area contributed by atoms with Gasteiger partial charge in [0, 0.05) is 13.1 Å². The zero-order valence-corrected chi connectivity index (χ0v) is 10.6. The lowest BCUT2D eigenvalue weighted by molar-refractivity contribution is 0.0597. The minimum absolute atomic E-state index is 0.387. The number of carbonyl (C=O) groups excluding carboxylic acids is 1. The lowest BCUT2D eigenvalue weighted by Gasteiger charge is -2.30. The number of esters is 1. The summed E-state index contributed by atoms with van der Waals surface area (Å²) in [7, 11) is 2.93. The number of para-hydroxylation sites is 1. The van der Waals surface area contributed by atoms with Crippen LogP contribution in [0.15, 0.2) is 18.2 Å². The highest BCUT2D eigenvalue weighted by Gasteiger charge is 2.21. The summed E-state index contributed by atoms with van der Waals surface area (Å²) >= 11 is 0. The molecule has 1 aliphatic rings. The lowest BCUT2D eigenvalue weighted by Crippen LogP contribution is -2.36. The minimum Gasteiger partial charge on any atom is -0.494 e. The van der Waals surface area contributed by atoms with Crippen molar-refractivity contribution in [1.82, 2.24) is 0 Å². The van der Waals surface area contributed by atoms with Crippen molar-refractivity contribution < 1.29 is 19.0 Å². The van der Waals surface area contributed by atoms with Crippen LogP contribution < -0.4 is 9.64 Å². The van der Waals surface area contributed by atoms with E-state index >= 15 is 0 Å². The van der Waals surface area contributed by atoms with E-state index in [-0.39, 0.29) is 5.97 Å². The molecule has 1 heterocycles. The molecule has 1 saturated heterocycles. The fourth-order valence-electron chi connectivity index (χ4n) is 2.06. The van der Waals surface area contributed by atoms with E-state index in [1.807, 2.05) is 12.1 Å². The van der Waals surface area contributed by atoms with Gasteiger partial charge in [-0.3, -0.25) is 0 Å². The summed E-state index contributed by atoms with van der Waals surface area (Å²) in [4.78, 5) is 13.8. The van der Waals surface area contributed by atoms with Gasteiger partial charge < -0.3 is 19.1 Å². The van der Waals surface area contributed by atoms with Crippen molar-refractivity contribution in [1.29, 1.82) is 0 Å². The molecular formula is C13H17NO4. The average molecular weight is 251 g/mol. The quantitative estimate of drug-likeness (QED) is 0.758. The highest BCUT2D eigenvalue weighted by molar-refractivity contribution is 5.94. The molecule has 0 radical (unpaired) electrons. The van der Waals surface area contributed by atoms with Gasteiger partial charge in [0.05, 0.1) is 33.1 Å². The predicted molar refractivity (Wildman–Crippen MR) is 67.4 cm³/mol. The van der Waals surface area contributed by atoms with Gasteiger partial charge in [-0.05, 0) is 12.1 Å². The van der Waals surface area contributed by atoms with Crippen LogP contribution in [0.25, 0.3) is 0 Å². The molecule has 0 saturated carbocycles. The van der Waals surface area contributed by atoms with Gasteiger partial charge in [-0.2, -0.15) is 0 Å². The first-order valence-electron chi connectivity index (χ1n) is 5.86. The topological polar surface area (TPSA) is 48.0 Å². The maximum absolute atomic E-state index is 11.7. The van der Waals surface area contributed by atoms with Crippen LogP contribution in [0.5, 0.6) is 5.75 Å². The van der Waals surface area contributed by atoms with E-state index in [1.165, 1.54) is 7.11 Å². The molecule has 98 valence electrons. The third-order valence-corrected chi connectivity index (χ3v) is 2.96. The van der Waals surface area contributed by atoms with Gasteiger partial charge in [0.2, 0.25) is 0 Å². The Morgan fingerprint density at radius 2 is 2.00 bits per heavy atom. The summed E-state index contributed by atoms with van der Waals surface area (Å²) in [6.45, 7) is 2.96. The van der Waals surface area contributed by atoms with Gasteiger partial charge in [0.1, 0.15) is 5.56 Å². The summed E-state index contributed by atoms with van der Waals surface area (Å²) in [5, 5.41) is 0. The monoisotopic (exact) mass is 251 g/mol. The third-order valence-electron chi connectivity index (χ3n) is 2.96. The first-order valence-corrected chi connectivity index (χ1v) is 5.86. The Labute approximate surface area is 106 Å². The molecule has 5 heteroatoms. The molecule has 0 bridgehead atoms. The molecule has 0 unspecified atom stereocenters. The second-order valence-corrected chi connectivity index (χ2v) is 3.95. The van der Waals surface area contributed by atoms with Crippen molar-refractivity contribution >= 4 is 11.7 Å². The Kier molecular flexibility index (Phi) is 4.04. The Balaban J connectivity index is 2.37. The van der Waals surface area contributed by atoms with E-state index in [2.05, 4.69) is 4.90 Å².